The largest absolute Gasteiger partial charge is 0.346 e. The van der Waals surface area contributed by atoms with E-state index >= 15 is 0 Å². The molecule has 0 unspecified atom stereocenters. The molecule has 2 aromatic carbocycles. The molecular weight excluding hydrogens is 370 g/mol. The monoisotopic (exact) mass is 387 g/mol. The molecule has 0 spiro atoms. The molecule has 0 atom stereocenters. The van der Waals surface area contributed by atoms with Gasteiger partial charge in [-0.25, -0.2) is 18.1 Å². The Morgan fingerprint density at radius 2 is 1.88 bits per heavy atom. The molecule has 0 saturated carbocycles. The number of fused-ring (bicyclic) bond motifs is 1. The van der Waals surface area contributed by atoms with Crippen molar-refractivity contribution in [2.45, 2.75) is 11.4 Å². The van der Waals surface area contributed by atoms with E-state index in [1.54, 1.807) is 0 Å². The Morgan fingerprint density at radius 1 is 1.15 bits per heavy atom. The van der Waals surface area contributed by atoms with Gasteiger partial charge in [0.15, 0.2) is 0 Å². The molecular formula is C18H17N3O3S2. The van der Waals surface area contributed by atoms with Gasteiger partial charge in [-0.3, -0.25) is 4.79 Å². The van der Waals surface area contributed by atoms with Crippen LogP contribution in [0.5, 0.6) is 0 Å². The molecule has 1 amide bonds. The zero-order valence-corrected chi connectivity index (χ0v) is 15.4. The van der Waals surface area contributed by atoms with Crippen molar-refractivity contribution in [2.75, 3.05) is 6.54 Å². The Morgan fingerprint density at radius 3 is 2.58 bits per heavy atom. The predicted molar refractivity (Wildman–Crippen MR) is 103 cm³/mol. The molecule has 1 heterocycles. The van der Waals surface area contributed by atoms with Crippen LogP contribution in [-0.2, 0) is 16.6 Å². The second kappa shape index (κ2) is 7.77. The number of aromatic nitrogens is 1. The molecule has 0 aliphatic rings. The van der Waals surface area contributed by atoms with E-state index in [1.807, 2.05) is 24.3 Å². The predicted octanol–water partition coefficient (Wildman–Crippen LogP) is 2.69. The molecule has 0 radical (unpaired) electrons. The maximum absolute atomic E-state index is 12.3. The molecule has 3 aromatic rings. The fraction of sp³-hybridized carbons (Fsp3) is 0.111. The zero-order chi connectivity index (χ0) is 18.6. The highest BCUT2D eigenvalue weighted by Crippen LogP contribution is 2.21. The number of carbonyl (C=O) groups is 1. The molecule has 0 bridgehead atoms. The first-order valence-corrected chi connectivity index (χ1v) is 10.1. The van der Waals surface area contributed by atoms with E-state index in [9.17, 15) is 13.2 Å². The van der Waals surface area contributed by atoms with Gasteiger partial charge in [0.25, 0.3) is 5.91 Å². The quantitative estimate of drug-likeness (QED) is 0.610. The number of hydrogen-bond acceptors (Lipinski definition) is 5. The van der Waals surface area contributed by atoms with Crippen molar-refractivity contribution < 1.29 is 13.2 Å². The number of rotatable bonds is 7. The van der Waals surface area contributed by atoms with E-state index in [1.165, 1.54) is 41.7 Å². The van der Waals surface area contributed by atoms with E-state index in [4.69, 9.17) is 0 Å². The fourth-order valence-electron chi connectivity index (χ4n) is 2.29. The summed E-state index contributed by atoms with van der Waals surface area (Å²) in [6.07, 6.45) is 1.46. The Balaban J connectivity index is 1.65. The van der Waals surface area contributed by atoms with Crippen molar-refractivity contribution in [3.05, 3.63) is 71.8 Å². The third-order valence-corrected chi connectivity index (χ3v) is 6.06. The topological polar surface area (TPSA) is 88.2 Å². The van der Waals surface area contributed by atoms with Crippen LogP contribution in [0.15, 0.2) is 66.1 Å². The van der Waals surface area contributed by atoms with Crippen LogP contribution in [0.4, 0.5) is 0 Å². The summed E-state index contributed by atoms with van der Waals surface area (Å²) in [4.78, 5) is 16.8. The second-order valence-corrected chi connectivity index (χ2v) is 8.31. The van der Waals surface area contributed by atoms with Crippen LogP contribution in [0.25, 0.3) is 10.2 Å². The minimum Gasteiger partial charge on any atom is -0.346 e. The summed E-state index contributed by atoms with van der Waals surface area (Å²) in [6.45, 7) is 3.93. The minimum atomic E-state index is -3.60. The number of carbonyl (C=O) groups excluding carboxylic acids is 1. The summed E-state index contributed by atoms with van der Waals surface area (Å²) in [7, 11) is -3.60. The molecule has 3 rings (SSSR count). The molecule has 1 aromatic heterocycles. The van der Waals surface area contributed by atoms with E-state index < -0.39 is 10.0 Å². The van der Waals surface area contributed by atoms with Crippen LogP contribution in [0, 0.1) is 0 Å². The van der Waals surface area contributed by atoms with E-state index in [2.05, 4.69) is 21.6 Å². The lowest BCUT2D eigenvalue weighted by Gasteiger charge is -2.06. The van der Waals surface area contributed by atoms with Crippen LogP contribution in [0.2, 0.25) is 0 Å². The number of amides is 1. The zero-order valence-electron chi connectivity index (χ0n) is 13.8. The highest BCUT2D eigenvalue weighted by molar-refractivity contribution is 7.89. The normalized spacial score (nSPS) is 11.4. The first-order chi connectivity index (χ1) is 12.5. The van der Waals surface area contributed by atoms with Gasteiger partial charge in [-0.15, -0.1) is 17.9 Å². The molecule has 0 aliphatic heterocycles. The molecule has 0 saturated heterocycles. The summed E-state index contributed by atoms with van der Waals surface area (Å²) < 4.78 is 27.5. The van der Waals surface area contributed by atoms with E-state index in [0.717, 1.165) is 15.2 Å². The molecule has 134 valence electrons. The highest BCUT2D eigenvalue weighted by atomic mass is 32.2. The SMILES string of the molecule is C=CCNS(=O)(=O)c1ccc(C(=O)NCc2nc3ccccc3s2)cc1. The molecule has 6 nitrogen and oxygen atoms in total. The van der Waals surface area contributed by atoms with Crippen molar-refractivity contribution in [2.24, 2.45) is 0 Å². The lowest BCUT2D eigenvalue weighted by atomic mass is 10.2. The Hall–Kier alpha value is -2.55. The van der Waals surface area contributed by atoms with Gasteiger partial charge < -0.3 is 5.32 Å². The van der Waals surface area contributed by atoms with Gasteiger partial charge in [0, 0.05) is 12.1 Å². The Labute approximate surface area is 155 Å². The van der Waals surface area contributed by atoms with E-state index in [0.29, 0.717) is 12.1 Å². The Bertz CT molecular complexity index is 1010. The van der Waals surface area contributed by atoms with Gasteiger partial charge in [-0.2, -0.15) is 0 Å². The molecule has 0 aliphatic carbocycles. The maximum atomic E-state index is 12.3. The van der Waals surface area contributed by atoms with Gasteiger partial charge in [-0.1, -0.05) is 18.2 Å². The van der Waals surface area contributed by atoms with Crippen molar-refractivity contribution in [1.29, 1.82) is 0 Å². The average Bonchev–Trinajstić information content (AvgIpc) is 3.07. The third kappa shape index (κ3) is 4.16. The second-order valence-electron chi connectivity index (χ2n) is 5.42. The third-order valence-electron chi connectivity index (χ3n) is 3.58. The van der Waals surface area contributed by atoms with Crippen LogP contribution < -0.4 is 10.0 Å². The highest BCUT2D eigenvalue weighted by Gasteiger charge is 2.14. The first kappa shape index (κ1) is 18.2. The maximum Gasteiger partial charge on any atom is 0.251 e. The first-order valence-electron chi connectivity index (χ1n) is 7.83. The summed E-state index contributed by atoms with van der Waals surface area (Å²) >= 11 is 1.53. The van der Waals surface area contributed by atoms with Crippen LogP contribution >= 0.6 is 11.3 Å². The van der Waals surface area contributed by atoms with Crippen LogP contribution in [0.3, 0.4) is 0 Å². The van der Waals surface area contributed by atoms with Crippen molar-refractivity contribution in [3.63, 3.8) is 0 Å². The minimum absolute atomic E-state index is 0.0991. The van der Waals surface area contributed by atoms with Crippen LogP contribution in [-0.4, -0.2) is 25.9 Å². The van der Waals surface area contributed by atoms with Gasteiger partial charge in [0.05, 0.1) is 21.7 Å². The van der Waals surface area contributed by atoms with Gasteiger partial charge in [0.1, 0.15) is 5.01 Å². The number of thiazole rings is 1. The molecule has 0 fully saturated rings. The number of para-hydroxylation sites is 1. The van der Waals surface area contributed by atoms with Crippen molar-refractivity contribution in [3.8, 4) is 0 Å². The van der Waals surface area contributed by atoms with Crippen LogP contribution in [0.1, 0.15) is 15.4 Å². The van der Waals surface area contributed by atoms with Gasteiger partial charge in [0.2, 0.25) is 10.0 Å². The average molecular weight is 387 g/mol. The number of hydrogen-bond donors (Lipinski definition) is 2. The summed E-state index contributed by atoms with van der Waals surface area (Å²) in [5.41, 5.74) is 1.29. The van der Waals surface area contributed by atoms with Gasteiger partial charge >= 0.3 is 0 Å². The van der Waals surface area contributed by atoms with E-state index in [-0.39, 0.29) is 17.3 Å². The lowest BCUT2D eigenvalue weighted by molar-refractivity contribution is 0.0951. The number of nitrogens with one attached hydrogen (secondary N) is 2. The summed E-state index contributed by atoms with van der Waals surface area (Å²) in [5.74, 6) is -0.285. The summed E-state index contributed by atoms with van der Waals surface area (Å²) in [5, 5.41) is 3.61. The lowest BCUT2D eigenvalue weighted by Crippen LogP contribution is -2.24. The fourth-order valence-corrected chi connectivity index (χ4v) is 4.20. The standard InChI is InChI=1S/C18H17N3O3S2/c1-2-11-20-26(23,24)14-9-7-13(8-10-14)18(22)19-12-17-21-15-5-3-4-6-16(15)25-17/h2-10,20H,1,11-12H2,(H,19,22). The number of benzene rings is 2. The molecule has 2 N–H and O–H groups in total. The smallest absolute Gasteiger partial charge is 0.251 e. The molecule has 26 heavy (non-hydrogen) atoms. The molecule has 8 heteroatoms. The van der Waals surface area contributed by atoms with Gasteiger partial charge in [-0.05, 0) is 36.4 Å². The van der Waals surface area contributed by atoms with Crippen molar-refractivity contribution in [1.82, 2.24) is 15.0 Å². The summed E-state index contributed by atoms with van der Waals surface area (Å²) in [6, 6.07) is 13.5. The van der Waals surface area contributed by atoms with Crippen molar-refractivity contribution >= 4 is 37.5 Å². The number of nitrogens with zero attached hydrogens (tertiary/aromatic N) is 1. The number of sulfonamides is 1. The Kier molecular flexibility index (Phi) is 5.46.